The fourth-order valence-corrected chi connectivity index (χ4v) is 2.06. The highest BCUT2D eigenvalue weighted by Gasteiger charge is 2.13. The lowest BCUT2D eigenvalue weighted by Crippen LogP contribution is -1.86. The zero-order chi connectivity index (χ0) is 14.3. The van der Waals surface area contributed by atoms with Gasteiger partial charge in [-0.25, -0.2) is 4.98 Å². The molecule has 5 nitrogen and oxygen atoms in total. The van der Waals surface area contributed by atoms with Crippen molar-refractivity contribution < 1.29 is 9.34 Å². The van der Waals surface area contributed by atoms with Crippen LogP contribution in [0.25, 0.3) is 22.6 Å². The Morgan fingerprint density at radius 3 is 2.75 bits per heavy atom. The Hall–Kier alpha value is -2.40. The van der Waals surface area contributed by atoms with Gasteiger partial charge in [-0.3, -0.25) is 10.1 Å². The summed E-state index contributed by atoms with van der Waals surface area (Å²) in [5.41, 5.74) is 2.63. The van der Waals surface area contributed by atoms with E-state index in [2.05, 4.69) is 4.98 Å². The van der Waals surface area contributed by atoms with Crippen LogP contribution in [0, 0.1) is 17.0 Å². The average Bonchev–Trinajstić information content (AvgIpc) is 2.84. The SMILES string of the molecule is Cc1ccc(-c2nc3cc([N+](=O)[O-])ccc3o2)cc1Cl. The molecule has 0 amide bonds. The fraction of sp³-hybridized carbons (Fsp3) is 0.0714. The molecule has 2 aromatic carbocycles. The molecule has 1 heterocycles. The third kappa shape index (κ3) is 2.12. The minimum Gasteiger partial charge on any atom is -0.436 e. The number of rotatable bonds is 2. The molecule has 0 aliphatic carbocycles. The van der Waals surface area contributed by atoms with E-state index in [4.69, 9.17) is 16.0 Å². The number of hydrogen-bond acceptors (Lipinski definition) is 4. The predicted octanol–water partition coefficient (Wildman–Crippen LogP) is 4.36. The molecule has 3 rings (SSSR count). The second-order valence-electron chi connectivity index (χ2n) is 4.39. The van der Waals surface area contributed by atoms with Crippen molar-refractivity contribution in [1.29, 1.82) is 0 Å². The lowest BCUT2D eigenvalue weighted by atomic mass is 10.1. The molecule has 0 N–H and O–H groups in total. The van der Waals surface area contributed by atoms with Crippen LogP contribution in [-0.4, -0.2) is 9.91 Å². The number of nitro benzene ring substituents is 1. The quantitative estimate of drug-likeness (QED) is 0.519. The summed E-state index contributed by atoms with van der Waals surface area (Å²) < 4.78 is 5.59. The normalized spacial score (nSPS) is 10.9. The number of hydrogen-bond donors (Lipinski definition) is 0. The first-order chi connectivity index (χ1) is 9.54. The van der Waals surface area contributed by atoms with Crippen LogP contribution in [0.15, 0.2) is 40.8 Å². The van der Waals surface area contributed by atoms with E-state index in [0.717, 1.165) is 11.1 Å². The summed E-state index contributed by atoms with van der Waals surface area (Å²) in [6.45, 7) is 1.90. The van der Waals surface area contributed by atoms with Crippen molar-refractivity contribution in [1.82, 2.24) is 4.98 Å². The van der Waals surface area contributed by atoms with Crippen LogP contribution in [0.2, 0.25) is 5.02 Å². The van der Waals surface area contributed by atoms with Gasteiger partial charge in [0.15, 0.2) is 5.58 Å². The van der Waals surface area contributed by atoms with Crippen LogP contribution in [0.5, 0.6) is 0 Å². The van der Waals surface area contributed by atoms with Crippen molar-refractivity contribution in [3.63, 3.8) is 0 Å². The number of oxazole rings is 1. The van der Waals surface area contributed by atoms with Crippen molar-refractivity contribution in [2.75, 3.05) is 0 Å². The van der Waals surface area contributed by atoms with Gasteiger partial charge in [-0.2, -0.15) is 0 Å². The van der Waals surface area contributed by atoms with Gasteiger partial charge in [0, 0.05) is 22.7 Å². The van der Waals surface area contributed by atoms with E-state index in [-0.39, 0.29) is 5.69 Å². The Morgan fingerprint density at radius 2 is 2.05 bits per heavy atom. The highest BCUT2D eigenvalue weighted by atomic mass is 35.5. The zero-order valence-corrected chi connectivity index (χ0v) is 11.2. The molecule has 0 radical (unpaired) electrons. The lowest BCUT2D eigenvalue weighted by molar-refractivity contribution is -0.384. The number of nitro groups is 1. The average molecular weight is 289 g/mol. The summed E-state index contributed by atoms with van der Waals surface area (Å²) in [5.74, 6) is 0.391. The van der Waals surface area contributed by atoms with Gasteiger partial charge >= 0.3 is 0 Å². The van der Waals surface area contributed by atoms with E-state index in [1.807, 2.05) is 19.1 Å². The lowest BCUT2D eigenvalue weighted by Gasteiger charge is -1.99. The van der Waals surface area contributed by atoms with Crippen LogP contribution in [-0.2, 0) is 0 Å². The van der Waals surface area contributed by atoms with E-state index < -0.39 is 4.92 Å². The summed E-state index contributed by atoms with van der Waals surface area (Å²) in [7, 11) is 0. The molecule has 0 unspecified atom stereocenters. The molecule has 0 spiro atoms. The molecule has 0 saturated carbocycles. The minimum atomic E-state index is -0.462. The maximum absolute atomic E-state index is 10.7. The Kier molecular flexibility index (Phi) is 2.91. The first-order valence-electron chi connectivity index (χ1n) is 5.86. The third-order valence-electron chi connectivity index (χ3n) is 3.00. The molecule has 0 aliphatic rings. The number of fused-ring (bicyclic) bond motifs is 1. The van der Waals surface area contributed by atoms with Crippen LogP contribution >= 0.6 is 11.6 Å². The van der Waals surface area contributed by atoms with Gasteiger partial charge in [-0.1, -0.05) is 17.7 Å². The predicted molar refractivity (Wildman–Crippen MR) is 75.8 cm³/mol. The first-order valence-corrected chi connectivity index (χ1v) is 6.24. The van der Waals surface area contributed by atoms with E-state index in [1.165, 1.54) is 12.1 Å². The van der Waals surface area contributed by atoms with Crippen molar-refractivity contribution in [3.8, 4) is 11.5 Å². The van der Waals surface area contributed by atoms with Crippen LogP contribution < -0.4 is 0 Å². The molecular weight excluding hydrogens is 280 g/mol. The summed E-state index contributed by atoms with van der Waals surface area (Å²) in [6.07, 6.45) is 0. The molecule has 0 saturated heterocycles. The van der Waals surface area contributed by atoms with E-state index in [9.17, 15) is 10.1 Å². The van der Waals surface area contributed by atoms with Gasteiger partial charge < -0.3 is 4.42 Å². The number of aryl methyl sites for hydroxylation is 1. The number of halogens is 1. The molecule has 0 aliphatic heterocycles. The molecule has 0 bridgehead atoms. The van der Waals surface area contributed by atoms with Gasteiger partial charge in [0.2, 0.25) is 5.89 Å². The Balaban J connectivity index is 2.12. The molecule has 100 valence electrons. The number of aromatic nitrogens is 1. The maximum atomic E-state index is 10.7. The van der Waals surface area contributed by atoms with Crippen molar-refractivity contribution in [2.24, 2.45) is 0 Å². The second-order valence-corrected chi connectivity index (χ2v) is 4.80. The maximum Gasteiger partial charge on any atom is 0.271 e. The monoisotopic (exact) mass is 288 g/mol. The summed E-state index contributed by atoms with van der Waals surface area (Å²) >= 11 is 6.07. The standard InChI is InChI=1S/C14H9ClN2O3/c1-8-2-3-9(6-11(8)15)14-16-12-7-10(17(18)19)4-5-13(12)20-14/h2-7H,1H3. The van der Waals surface area contributed by atoms with E-state index in [1.54, 1.807) is 12.1 Å². The highest BCUT2D eigenvalue weighted by molar-refractivity contribution is 6.31. The van der Waals surface area contributed by atoms with Crippen molar-refractivity contribution >= 4 is 28.4 Å². The van der Waals surface area contributed by atoms with Crippen molar-refractivity contribution in [3.05, 3.63) is 57.1 Å². The number of nitrogens with zero attached hydrogens (tertiary/aromatic N) is 2. The molecule has 3 aromatic rings. The van der Waals surface area contributed by atoms with Crippen LogP contribution in [0.4, 0.5) is 5.69 Å². The highest BCUT2D eigenvalue weighted by Crippen LogP contribution is 2.29. The van der Waals surface area contributed by atoms with Gasteiger partial charge in [-0.15, -0.1) is 0 Å². The van der Waals surface area contributed by atoms with E-state index in [0.29, 0.717) is 22.0 Å². The van der Waals surface area contributed by atoms with Gasteiger partial charge in [0.1, 0.15) is 5.52 Å². The van der Waals surface area contributed by atoms with Crippen LogP contribution in [0.1, 0.15) is 5.56 Å². The molecule has 6 heteroatoms. The van der Waals surface area contributed by atoms with E-state index >= 15 is 0 Å². The molecular formula is C14H9ClN2O3. The summed E-state index contributed by atoms with van der Waals surface area (Å²) in [4.78, 5) is 14.5. The Bertz CT molecular complexity index is 826. The van der Waals surface area contributed by atoms with Crippen molar-refractivity contribution in [2.45, 2.75) is 6.92 Å². The molecule has 0 atom stereocenters. The Morgan fingerprint density at radius 1 is 1.25 bits per heavy atom. The van der Waals surface area contributed by atoms with Gasteiger partial charge in [0.25, 0.3) is 5.69 Å². The fourth-order valence-electron chi connectivity index (χ4n) is 1.88. The summed E-state index contributed by atoms with van der Waals surface area (Å²) in [6, 6.07) is 9.79. The largest absolute Gasteiger partial charge is 0.436 e. The number of non-ortho nitro benzene ring substituents is 1. The first kappa shape index (κ1) is 12.6. The number of benzene rings is 2. The summed E-state index contributed by atoms with van der Waals surface area (Å²) in [5, 5.41) is 11.4. The van der Waals surface area contributed by atoms with Gasteiger partial charge in [-0.05, 0) is 30.7 Å². The minimum absolute atomic E-state index is 0.0145. The third-order valence-corrected chi connectivity index (χ3v) is 3.41. The molecule has 1 aromatic heterocycles. The Labute approximate surface area is 119 Å². The molecule has 0 fully saturated rings. The van der Waals surface area contributed by atoms with Gasteiger partial charge in [0.05, 0.1) is 4.92 Å². The zero-order valence-electron chi connectivity index (χ0n) is 10.5. The second kappa shape index (κ2) is 4.61. The topological polar surface area (TPSA) is 69.2 Å². The van der Waals surface area contributed by atoms with Crippen LogP contribution in [0.3, 0.4) is 0 Å². The smallest absolute Gasteiger partial charge is 0.271 e. The molecule has 20 heavy (non-hydrogen) atoms.